The van der Waals surface area contributed by atoms with Crippen molar-refractivity contribution in [2.45, 2.75) is 38.3 Å². The Kier molecular flexibility index (Phi) is 5.47. The van der Waals surface area contributed by atoms with E-state index >= 15 is 0 Å². The third-order valence-corrected chi connectivity index (χ3v) is 4.50. The summed E-state index contributed by atoms with van der Waals surface area (Å²) in [6.07, 6.45) is 7.37. The van der Waals surface area contributed by atoms with Gasteiger partial charge in [0, 0.05) is 22.3 Å². The van der Waals surface area contributed by atoms with Crippen LogP contribution in [-0.2, 0) is 11.3 Å². The Bertz CT molecular complexity index is 766. The lowest BCUT2D eigenvalue weighted by Gasteiger charge is -2.11. The number of rotatable bonds is 5. The van der Waals surface area contributed by atoms with E-state index in [4.69, 9.17) is 0 Å². The van der Waals surface area contributed by atoms with E-state index in [2.05, 4.69) is 31.7 Å². The number of halogens is 2. The molecule has 2 N–H and O–H groups in total. The van der Waals surface area contributed by atoms with Crippen molar-refractivity contribution in [1.82, 2.24) is 15.1 Å². The van der Waals surface area contributed by atoms with Crippen LogP contribution in [0.2, 0.25) is 0 Å². The maximum atomic E-state index is 13.4. The molecule has 25 heavy (non-hydrogen) atoms. The van der Waals surface area contributed by atoms with E-state index < -0.39 is 11.7 Å². The average molecular weight is 409 g/mol. The van der Waals surface area contributed by atoms with Crippen LogP contribution in [0.25, 0.3) is 0 Å². The van der Waals surface area contributed by atoms with E-state index in [0.717, 1.165) is 31.7 Å². The Balaban J connectivity index is 1.57. The monoisotopic (exact) mass is 408 g/mol. The van der Waals surface area contributed by atoms with Gasteiger partial charge in [-0.05, 0) is 31.0 Å². The molecule has 1 aromatic heterocycles. The Morgan fingerprint density at radius 1 is 1.28 bits per heavy atom. The molecule has 0 spiro atoms. The van der Waals surface area contributed by atoms with Crippen LogP contribution in [0.5, 0.6) is 0 Å². The molecule has 2 aromatic rings. The number of hydrogen-bond donors (Lipinski definition) is 2. The number of benzene rings is 1. The number of carbonyl (C=O) groups is 2. The summed E-state index contributed by atoms with van der Waals surface area (Å²) in [5, 5.41) is 9.69. The van der Waals surface area contributed by atoms with E-state index in [9.17, 15) is 14.0 Å². The number of nitrogens with one attached hydrogen (secondary N) is 2. The van der Waals surface area contributed by atoms with Gasteiger partial charge in [0.2, 0.25) is 5.91 Å². The van der Waals surface area contributed by atoms with Crippen molar-refractivity contribution in [3.8, 4) is 0 Å². The maximum Gasteiger partial charge on any atom is 0.255 e. The van der Waals surface area contributed by atoms with Gasteiger partial charge >= 0.3 is 0 Å². The molecule has 1 heterocycles. The van der Waals surface area contributed by atoms with Crippen molar-refractivity contribution < 1.29 is 14.0 Å². The zero-order chi connectivity index (χ0) is 17.8. The van der Waals surface area contributed by atoms with E-state index in [1.54, 1.807) is 6.20 Å². The number of carbonyl (C=O) groups excluding carboxylic acids is 2. The van der Waals surface area contributed by atoms with Gasteiger partial charge < -0.3 is 10.6 Å². The van der Waals surface area contributed by atoms with Gasteiger partial charge in [0.25, 0.3) is 5.91 Å². The first-order valence-corrected chi connectivity index (χ1v) is 8.88. The summed E-state index contributed by atoms with van der Waals surface area (Å²) in [5.41, 5.74) is 0.637. The zero-order valence-corrected chi connectivity index (χ0v) is 15.1. The van der Waals surface area contributed by atoms with Crippen LogP contribution in [0.4, 0.5) is 10.1 Å². The molecule has 3 rings (SSSR count). The fraction of sp³-hybridized carbons (Fsp3) is 0.353. The van der Waals surface area contributed by atoms with Crippen molar-refractivity contribution in [1.29, 1.82) is 0 Å². The summed E-state index contributed by atoms with van der Waals surface area (Å²) >= 11 is 3.15. The van der Waals surface area contributed by atoms with Crippen LogP contribution in [0.3, 0.4) is 0 Å². The van der Waals surface area contributed by atoms with Gasteiger partial charge in [-0.1, -0.05) is 28.8 Å². The van der Waals surface area contributed by atoms with Gasteiger partial charge in [-0.25, -0.2) is 4.39 Å². The summed E-state index contributed by atoms with van der Waals surface area (Å²) in [7, 11) is 0. The molecule has 0 radical (unpaired) electrons. The lowest BCUT2D eigenvalue weighted by Crippen LogP contribution is -2.35. The molecule has 1 fully saturated rings. The van der Waals surface area contributed by atoms with E-state index in [0.29, 0.717) is 10.2 Å². The van der Waals surface area contributed by atoms with E-state index in [1.165, 1.54) is 23.0 Å². The number of amides is 2. The lowest BCUT2D eigenvalue weighted by molar-refractivity contribution is -0.122. The Morgan fingerprint density at radius 3 is 2.76 bits per heavy atom. The molecule has 8 heteroatoms. The molecule has 0 atom stereocenters. The lowest BCUT2D eigenvalue weighted by atomic mass is 10.2. The third-order valence-electron chi connectivity index (χ3n) is 4.04. The first-order valence-electron chi connectivity index (χ1n) is 8.09. The molecular weight excluding hydrogens is 391 g/mol. The van der Waals surface area contributed by atoms with Crippen LogP contribution in [-0.4, -0.2) is 27.6 Å². The molecule has 1 aromatic carbocycles. The molecule has 0 saturated heterocycles. The normalized spacial score (nSPS) is 14.5. The smallest absolute Gasteiger partial charge is 0.255 e. The molecule has 1 saturated carbocycles. The average Bonchev–Trinajstić information content (AvgIpc) is 3.18. The van der Waals surface area contributed by atoms with Crippen LogP contribution >= 0.6 is 15.9 Å². The highest BCUT2D eigenvalue weighted by atomic mass is 79.9. The molecule has 1 aliphatic rings. The highest BCUT2D eigenvalue weighted by Gasteiger charge is 2.17. The van der Waals surface area contributed by atoms with Crippen LogP contribution in [0.15, 0.2) is 35.1 Å². The minimum atomic E-state index is -0.501. The van der Waals surface area contributed by atoms with Crippen molar-refractivity contribution >= 4 is 33.4 Å². The summed E-state index contributed by atoms with van der Waals surface area (Å²) < 4.78 is 15.3. The topological polar surface area (TPSA) is 76.0 Å². The summed E-state index contributed by atoms with van der Waals surface area (Å²) in [6.45, 7) is 0.0951. The van der Waals surface area contributed by atoms with Crippen molar-refractivity contribution in [3.63, 3.8) is 0 Å². The number of nitrogens with zero attached hydrogens (tertiary/aromatic N) is 2. The van der Waals surface area contributed by atoms with Gasteiger partial charge in [-0.15, -0.1) is 0 Å². The first kappa shape index (κ1) is 17.6. The van der Waals surface area contributed by atoms with Crippen molar-refractivity contribution in [2.24, 2.45) is 0 Å². The second-order valence-electron chi connectivity index (χ2n) is 6.09. The van der Waals surface area contributed by atoms with E-state index in [1.807, 2.05) is 0 Å². The predicted octanol–water partition coefficient (Wildman–Crippen LogP) is 3.10. The first-order chi connectivity index (χ1) is 12.0. The molecule has 0 bridgehead atoms. The van der Waals surface area contributed by atoms with Crippen molar-refractivity contribution in [3.05, 3.63) is 46.4 Å². The summed E-state index contributed by atoms with van der Waals surface area (Å²) in [6, 6.07) is 4.21. The largest absolute Gasteiger partial charge is 0.352 e. The molecule has 132 valence electrons. The highest BCUT2D eigenvalue weighted by molar-refractivity contribution is 9.10. The number of aromatic nitrogens is 2. The Morgan fingerprint density at radius 2 is 2.04 bits per heavy atom. The fourth-order valence-corrected chi connectivity index (χ4v) is 3.36. The maximum absolute atomic E-state index is 13.4. The van der Waals surface area contributed by atoms with Crippen LogP contribution < -0.4 is 10.6 Å². The van der Waals surface area contributed by atoms with Crippen LogP contribution in [0.1, 0.15) is 36.0 Å². The molecule has 6 nitrogen and oxygen atoms in total. The number of hydrogen-bond acceptors (Lipinski definition) is 3. The third kappa shape index (κ3) is 4.88. The molecule has 2 amide bonds. The summed E-state index contributed by atoms with van der Waals surface area (Å²) in [4.78, 5) is 24.2. The van der Waals surface area contributed by atoms with Gasteiger partial charge in [0.05, 0.1) is 11.9 Å². The Hall–Kier alpha value is -2.22. The van der Waals surface area contributed by atoms with Gasteiger partial charge in [0.1, 0.15) is 12.4 Å². The fourth-order valence-electron chi connectivity index (χ4n) is 2.89. The SMILES string of the molecule is O=C(Cn1cc(NC(=O)c2cc(F)cc(Br)c2)cn1)NC1CCCC1. The quantitative estimate of drug-likeness (QED) is 0.797. The predicted molar refractivity (Wildman–Crippen MR) is 94.7 cm³/mol. The second kappa shape index (κ2) is 7.77. The van der Waals surface area contributed by atoms with Crippen molar-refractivity contribution in [2.75, 3.05) is 5.32 Å². The molecule has 0 unspecified atom stereocenters. The van der Waals surface area contributed by atoms with E-state index in [-0.39, 0.29) is 24.1 Å². The van der Waals surface area contributed by atoms with Gasteiger partial charge in [-0.3, -0.25) is 14.3 Å². The molecule has 1 aliphatic carbocycles. The number of anilines is 1. The highest BCUT2D eigenvalue weighted by Crippen LogP contribution is 2.18. The van der Waals surface area contributed by atoms with Gasteiger partial charge in [-0.2, -0.15) is 5.10 Å². The molecular formula is C17H18BrFN4O2. The zero-order valence-electron chi connectivity index (χ0n) is 13.5. The minimum Gasteiger partial charge on any atom is -0.352 e. The Labute approximate surface area is 152 Å². The minimum absolute atomic E-state index is 0.0951. The summed E-state index contributed by atoms with van der Waals surface area (Å²) in [5.74, 6) is -1.05. The standard InChI is InChI=1S/C17H18BrFN4O2/c18-12-5-11(6-13(19)7-12)17(25)22-15-8-20-23(9-15)10-16(24)21-14-3-1-2-4-14/h5-9,14H,1-4,10H2,(H,21,24)(H,22,25). The molecule has 0 aliphatic heterocycles. The van der Waals surface area contributed by atoms with Gasteiger partial charge in [0.15, 0.2) is 0 Å². The van der Waals surface area contributed by atoms with Crippen LogP contribution in [0, 0.1) is 5.82 Å². The second-order valence-corrected chi connectivity index (χ2v) is 7.00.